The van der Waals surface area contributed by atoms with Crippen LogP contribution in [0.2, 0.25) is 0 Å². The zero-order chi connectivity index (χ0) is 29.0. The summed E-state index contributed by atoms with van der Waals surface area (Å²) in [7, 11) is 0. The number of halogens is 1. The van der Waals surface area contributed by atoms with Crippen molar-refractivity contribution >= 4 is 50.9 Å². The van der Waals surface area contributed by atoms with Gasteiger partial charge in [0.2, 0.25) is 5.91 Å². The van der Waals surface area contributed by atoms with E-state index in [0.29, 0.717) is 16.8 Å². The molecule has 3 aliphatic rings. The number of para-hydroxylation sites is 2. The third kappa shape index (κ3) is 3.85. The molecule has 208 valence electrons. The van der Waals surface area contributed by atoms with E-state index in [9.17, 15) is 14.4 Å². The molecule has 3 heterocycles. The lowest BCUT2D eigenvalue weighted by molar-refractivity contribution is -0.121. The van der Waals surface area contributed by atoms with Crippen LogP contribution in [0.1, 0.15) is 50.8 Å². The van der Waals surface area contributed by atoms with Crippen molar-refractivity contribution in [1.82, 2.24) is 0 Å². The van der Waals surface area contributed by atoms with Crippen LogP contribution in [0.5, 0.6) is 0 Å². The Kier molecular flexibility index (Phi) is 6.47. The van der Waals surface area contributed by atoms with Gasteiger partial charge in [-0.3, -0.25) is 14.4 Å². The molecule has 1 saturated heterocycles. The highest BCUT2D eigenvalue weighted by molar-refractivity contribution is 9.10. The van der Waals surface area contributed by atoms with Gasteiger partial charge in [0.25, 0.3) is 0 Å². The molecular formula is C36H29BrN2O3. The van der Waals surface area contributed by atoms with Crippen molar-refractivity contribution in [2.75, 3.05) is 10.2 Å². The van der Waals surface area contributed by atoms with E-state index in [1.165, 1.54) is 0 Å². The first kappa shape index (κ1) is 26.6. The molecule has 3 aliphatic heterocycles. The van der Waals surface area contributed by atoms with Crippen molar-refractivity contribution in [2.45, 2.75) is 37.3 Å². The highest BCUT2D eigenvalue weighted by Crippen LogP contribution is 2.58. The first-order chi connectivity index (χ1) is 20.4. The van der Waals surface area contributed by atoms with Crippen LogP contribution < -0.4 is 10.2 Å². The Morgan fingerprint density at radius 3 is 2.29 bits per heavy atom. The van der Waals surface area contributed by atoms with Gasteiger partial charge in [-0.15, -0.1) is 0 Å². The molecule has 0 bridgehead atoms. The first-order valence-electron chi connectivity index (χ1n) is 14.3. The molecule has 0 aromatic heterocycles. The van der Waals surface area contributed by atoms with Gasteiger partial charge in [-0.05, 0) is 47.4 Å². The number of anilines is 2. The predicted molar refractivity (Wildman–Crippen MR) is 169 cm³/mol. The standard InChI is InChI=1S/C36H29BrN2O3/c1-2-7-22-12-14-24(15-13-22)33(40)31-32(34(41)25-16-19-26(37)20-17-25)39-29-11-6-3-8-23(29)18-21-30(39)36(31)27-9-4-5-10-28(27)38-35(36)42/h3-6,8-21,30-32H,2,7H2,1H3,(H,38,42)/t30-,31-,32-,36+/m1/s1. The zero-order valence-electron chi connectivity index (χ0n) is 23.1. The second-order valence-electron chi connectivity index (χ2n) is 11.2. The summed E-state index contributed by atoms with van der Waals surface area (Å²) in [6, 6.07) is 28.9. The van der Waals surface area contributed by atoms with E-state index < -0.39 is 23.4 Å². The Labute approximate surface area is 253 Å². The molecule has 0 saturated carbocycles. The lowest BCUT2D eigenvalue weighted by atomic mass is 9.64. The largest absolute Gasteiger partial charge is 0.352 e. The Bertz CT molecular complexity index is 1760. The van der Waals surface area contributed by atoms with E-state index in [2.05, 4.69) is 28.2 Å². The number of nitrogens with one attached hydrogen (secondary N) is 1. The SMILES string of the molecule is CCCc1ccc(C(=O)[C@H]2[C@H](C(=O)c3ccc(Br)cc3)N3c4ccccc4C=C[C@@H]3[C@]23C(=O)Nc2ccccc23)cc1. The molecule has 0 unspecified atom stereocenters. The fourth-order valence-corrected chi connectivity index (χ4v) is 7.47. The van der Waals surface area contributed by atoms with Gasteiger partial charge in [-0.25, -0.2) is 0 Å². The number of aryl methyl sites for hydroxylation is 1. The molecule has 6 heteroatoms. The number of carbonyl (C=O) groups excluding carboxylic acids is 3. The second-order valence-corrected chi connectivity index (χ2v) is 12.2. The zero-order valence-corrected chi connectivity index (χ0v) is 24.7. The molecule has 1 spiro atoms. The molecule has 0 aliphatic carbocycles. The van der Waals surface area contributed by atoms with Gasteiger partial charge < -0.3 is 10.2 Å². The molecule has 0 radical (unpaired) electrons. The van der Waals surface area contributed by atoms with Crippen LogP contribution in [0.3, 0.4) is 0 Å². The van der Waals surface area contributed by atoms with Crippen LogP contribution in [0.4, 0.5) is 11.4 Å². The highest BCUT2D eigenvalue weighted by atomic mass is 79.9. The van der Waals surface area contributed by atoms with E-state index in [1.54, 1.807) is 12.1 Å². The molecule has 4 aromatic rings. The second kappa shape index (κ2) is 10.2. The topological polar surface area (TPSA) is 66.5 Å². The number of fused-ring (bicyclic) bond motifs is 6. The highest BCUT2D eigenvalue weighted by Gasteiger charge is 2.70. The van der Waals surface area contributed by atoms with Gasteiger partial charge in [0.05, 0.1) is 12.0 Å². The lowest BCUT2D eigenvalue weighted by Gasteiger charge is -2.37. The number of Topliss-reactive ketones (excluding diaryl/α,β-unsaturated/α-hetero) is 2. The van der Waals surface area contributed by atoms with Crippen molar-refractivity contribution in [3.8, 4) is 0 Å². The number of nitrogens with zero attached hydrogens (tertiary/aromatic N) is 1. The average molecular weight is 618 g/mol. The number of hydrogen-bond acceptors (Lipinski definition) is 4. The quantitative estimate of drug-likeness (QED) is 0.232. The normalized spacial score (nSPS) is 23.3. The van der Waals surface area contributed by atoms with Gasteiger partial charge in [-0.1, -0.05) is 114 Å². The van der Waals surface area contributed by atoms with Crippen LogP contribution in [0, 0.1) is 5.92 Å². The molecule has 42 heavy (non-hydrogen) atoms. The van der Waals surface area contributed by atoms with Crippen molar-refractivity contribution in [1.29, 1.82) is 0 Å². The average Bonchev–Trinajstić information content (AvgIpc) is 3.50. The van der Waals surface area contributed by atoms with Crippen LogP contribution in [0.25, 0.3) is 6.08 Å². The van der Waals surface area contributed by atoms with E-state index in [4.69, 9.17) is 0 Å². The molecule has 5 nitrogen and oxygen atoms in total. The van der Waals surface area contributed by atoms with E-state index in [0.717, 1.165) is 39.7 Å². The first-order valence-corrected chi connectivity index (χ1v) is 15.1. The molecule has 1 amide bonds. The fourth-order valence-electron chi connectivity index (χ4n) is 7.21. The maximum absolute atomic E-state index is 14.9. The summed E-state index contributed by atoms with van der Waals surface area (Å²) in [4.78, 5) is 46.1. The van der Waals surface area contributed by atoms with Gasteiger partial charge >= 0.3 is 0 Å². The van der Waals surface area contributed by atoms with Crippen LogP contribution in [0.15, 0.2) is 108 Å². The van der Waals surface area contributed by atoms with E-state index >= 15 is 0 Å². The smallest absolute Gasteiger partial charge is 0.238 e. The third-order valence-corrected chi connectivity index (χ3v) is 9.53. The Hall–Kier alpha value is -4.29. The van der Waals surface area contributed by atoms with Crippen molar-refractivity contribution < 1.29 is 14.4 Å². The van der Waals surface area contributed by atoms with Gasteiger partial charge in [-0.2, -0.15) is 0 Å². The predicted octanol–water partition coefficient (Wildman–Crippen LogP) is 7.26. The number of rotatable bonds is 6. The summed E-state index contributed by atoms with van der Waals surface area (Å²) < 4.78 is 0.856. The minimum Gasteiger partial charge on any atom is -0.352 e. The number of benzene rings is 4. The summed E-state index contributed by atoms with van der Waals surface area (Å²) >= 11 is 3.47. The summed E-state index contributed by atoms with van der Waals surface area (Å²) in [6.07, 6.45) is 5.94. The summed E-state index contributed by atoms with van der Waals surface area (Å²) in [5.74, 6) is -1.63. The maximum atomic E-state index is 14.9. The van der Waals surface area contributed by atoms with Gasteiger partial charge in [0.1, 0.15) is 11.5 Å². The van der Waals surface area contributed by atoms with Crippen LogP contribution in [-0.4, -0.2) is 29.6 Å². The van der Waals surface area contributed by atoms with Crippen molar-refractivity contribution in [2.24, 2.45) is 5.92 Å². The summed E-state index contributed by atoms with van der Waals surface area (Å²) in [5.41, 5.74) is 4.05. The number of amides is 1. The number of ketones is 2. The Morgan fingerprint density at radius 2 is 1.52 bits per heavy atom. The van der Waals surface area contributed by atoms with E-state index in [1.807, 2.05) is 102 Å². The molecule has 4 aromatic carbocycles. The van der Waals surface area contributed by atoms with Crippen LogP contribution >= 0.6 is 15.9 Å². The monoisotopic (exact) mass is 616 g/mol. The third-order valence-electron chi connectivity index (χ3n) is 9.00. The number of hydrogen-bond donors (Lipinski definition) is 1. The van der Waals surface area contributed by atoms with E-state index in [-0.39, 0.29) is 17.5 Å². The van der Waals surface area contributed by atoms with Crippen molar-refractivity contribution in [3.63, 3.8) is 0 Å². The summed E-state index contributed by atoms with van der Waals surface area (Å²) in [6.45, 7) is 2.12. The summed E-state index contributed by atoms with van der Waals surface area (Å²) in [5, 5.41) is 3.09. The molecule has 1 fully saturated rings. The Balaban J connectivity index is 1.49. The van der Waals surface area contributed by atoms with Crippen LogP contribution in [-0.2, 0) is 16.6 Å². The molecule has 4 atom stereocenters. The molecular weight excluding hydrogens is 588 g/mol. The number of carbonyl (C=O) groups is 3. The molecule has 7 rings (SSSR count). The molecule has 1 N–H and O–H groups in total. The Morgan fingerprint density at radius 1 is 0.857 bits per heavy atom. The van der Waals surface area contributed by atoms with Crippen molar-refractivity contribution in [3.05, 3.63) is 135 Å². The minimum absolute atomic E-state index is 0.187. The lowest BCUT2D eigenvalue weighted by Crippen LogP contribution is -2.51. The van der Waals surface area contributed by atoms with Gasteiger partial charge in [0, 0.05) is 27.0 Å². The van der Waals surface area contributed by atoms with Gasteiger partial charge in [0.15, 0.2) is 11.6 Å². The minimum atomic E-state index is -1.31. The fraction of sp³-hybridized carbons (Fsp3) is 0.194. The maximum Gasteiger partial charge on any atom is 0.238 e.